The third kappa shape index (κ3) is 8.89. The zero-order chi connectivity index (χ0) is 31.0. The standard InChI is InChI=1S/C31H28BrF3N6OS/c1-21(38-29(42)14-25-16-37-20-41(25)18-23-12-10-22(15-36)11-13-23)17-40(30(43)39-28-9-5-4-8-27(28)32)19-24-6-2-3-7-26(24)31(33,34)35/h2-13,16,20-21H,14,17-19H2,1H3,(H,38,42)(H,39,43)/t21-/m0/s1. The van der Waals surface area contributed by atoms with Gasteiger partial charge in [0.2, 0.25) is 5.91 Å². The normalized spacial score (nSPS) is 11.8. The molecule has 1 heterocycles. The zero-order valence-corrected chi connectivity index (χ0v) is 25.5. The molecule has 0 saturated heterocycles. The maximum atomic E-state index is 13.8. The monoisotopic (exact) mass is 668 g/mol. The summed E-state index contributed by atoms with van der Waals surface area (Å²) in [5, 5.41) is 15.3. The number of benzene rings is 3. The molecule has 0 bridgehead atoms. The van der Waals surface area contributed by atoms with Crippen LogP contribution in [0.5, 0.6) is 0 Å². The molecule has 7 nitrogen and oxygen atoms in total. The van der Waals surface area contributed by atoms with Crippen LogP contribution >= 0.6 is 28.1 Å². The first-order chi connectivity index (χ1) is 20.5. The van der Waals surface area contributed by atoms with Crippen LogP contribution in [0.25, 0.3) is 0 Å². The van der Waals surface area contributed by atoms with Crippen molar-refractivity contribution in [2.24, 2.45) is 0 Å². The number of carbonyl (C=O) groups excluding carboxylic acids is 1. The number of halogens is 4. The molecule has 1 aromatic heterocycles. The van der Waals surface area contributed by atoms with Crippen molar-refractivity contribution in [1.29, 1.82) is 5.26 Å². The summed E-state index contributed by atoms with van der Waals surface area (Å²) in [5.74, 6) is -0.269. The van der Waals surface area contributed by atoms with Crippen molar-refractivity contribution in [1.82, 2.24) is 19.8 Å². The number of amides is 1. The molecule has 0 aliphatic carbocycles. The fourth-order valence-electron chi connectivity index (χ4n) is 4.50. The van der Waals surface area contributed by atoms with Crippen LogP contribution in [0, 0.1) is 11.3 Å². The van der Waals surface area contributed by atoms with Gasteiger partial charge in [-0.25, -0.2) is 4.98 Å². The van der Waals surface area contributed by atoms with Gasteiger partial charge in [-0.2, -0.15) is 18.4 Å². The Kier molecular flexibility index (Phi) is 10.6. The highest BCUT2D eigenvalue weighted by Gasteiger charge is 2.33. The molecule has 4 rings (SSSR count). The predicted octanol–water partition coefficient (Wildman–Crippen LogP) is 6.53. The summed E-state index contributed by atoms with van der Waals surface area (Å²) < 4.78 is 43.9. The first-order valence-corrected chi connectivity index (χ1v) is 14.5. The molecule has 0 radical (unpaired) electrons. The van der Waals surface area contributed by atoms with E-state index in [-0.39, 0.29) is 36.1 Å². The van der Waals surface area contributed by atoms with Crippen molar-refractivity contribution < 1.29 is 18.0 Å². The summed E-state index contributed by atoms with van der Waals surface area (Å²) in [7, 11) is 0. The molecule has 0 fully saturated rings. The Bertz CT molecular complexity index is 1620. The van der Waals surface area contributed by atoms with Crippen LogP contribution in [-0.2, 0) is 30.5 Å². The number of thiocarbonyl (C=S) groups is 1. The van der Waals surface area contributed by atoms with Gasteiger partial charge in [-0.05, 0) is 76.5 Å². The van der Waals surface area contributed by atoms with Gasteiger partial charge >= 0.3 is 6.18 Å². The van der Waals surface area contributed by atoms with E-state index < -0.39 is 17.8 Å². The van der Waals surface area contributed by atoms with Crippen LogP contribution in [0.15, 0.2) is 89.8 Å². The summed E-state index contributed by atoms with van der Waals surface area (Å²) in [6.45, 7) is 2.28. The topological polar surface area (TPSA) is 86.0 Å². The average molecular weight is 670 g/mol. The van der Waals surface area contributed by atoms with Crippen LogP contribution in [0.2, 0.25) is 0 Å². The lowest BCUT2D eigenvalue weighted by atomic mass is 10.1. The van der Waals surface area contributed by atoms with E-state index in [1.807, 2.05) is 34.9 Å². The molecule has 2 N–H and O–H groups in total. The number of nitriles is 1. The van der Waals surface area contributed by atoms with Gasteiger partial charge in [0.25, 0.3) is 0 Å². The number of anilines is 1. The number of para-hydroxylation sites is 1. The molecule has 43 heavy (non-hydrogen) atoms. The van der Waals surface area contributed by atoms with Gasteiger partial charge in [-0.3, -0.25) is 4.79 Å². The number of carbonyl (C=O) groups is 1. The molecular formula is C31H28BrF3N6OS. The van der Waals surface area contributed by atoms with Crippen molar-refractivity contribution >= 4 is 44.9 Å². The Labute approximate surface area is 261 Å². The summed E-state index contributed by atoms with van der Waals surface area (Å²) in [5.41, 5.74) is 2.19. The number of nitrogens with one attached hydrogen (secondary N) is 2. The maximum absolute atomic E-state index is 13.8. The largest absolute Gasteiger partial charge is 0.416 e. The highest BCUT2D eigenvalue weighted by molar-refractivity contribution is 9.10. The van der Waals surface area contributed by atoms with Gasteiger partial charge in [0, 0.05) is 42.0 Å². The number of nitrogens with zero attached hydrogens (tertiary/aromatic N) is 4. The number of alkyl halides is 3. The SMILES string of the molecule is C[C@@H](CN(Cc1ccccc1C(F)(F)F)C(=S)Nc1ccccc1Br)NC(=O)Cc1cncn1Cc1ccc(C#N)cc1. The van der Waals surface area contributed by atoms with Gasteiger partial charge < -0.3 is 20.1 Å². The van der Waals surface area contributed by atoms with Gasteiger partial charge in [-0.15, -0.1) is 0 Å². The van der Waals surface area contributed by atoms with E-state index in [0.717, 1.165) is 16.1 Å². The zero-order valence-electron chi connectivity index (χ0n) is 23.1. The van der Waals surface area contributed by atoms with Crippen LogP contribution < -0.4 is 10.6 Å². The lowest BCUT2D eigenvalue weighted by Crippen LogP contribution is -2.46. The predicted molar refractivity (Wildman–Crippen MR) is 166 cm³/mol. The van der Waals surface area contributed by atoms with E-state index in [1.54, 1.807) is 48.6 Å². The minimum Gasteiger partial charge on any atom is -0.352 e. The van der Waals surface area contributed by atoms with E-state index >= 15 is 0 Å². The van der Waals surface area contributed by atoms with Crippen molar-refractivity contribution in [3.8, 4) is 6.07 Å². The Morgan fingerprint density at radius 1 is 1.12 bits per heavy atom. The fourth-order valence-corrected chi connectivity index (χ4v) is 5.14. The molecule has 3 aromatic carbocycles. The van der Waals surface area contributed by atoms with Crippen molar-refractivity contribution in [3.05, 3.63) is 118 Å². The summed E-state index contributed by atoms with van der Waals surface area (Å²) in [6.07, 6.45) is -1.22. The van der Waals surface area contributed by atoms with Crippen LogP contribution in [0.1, 0.15) is 34.9 Å². The lowest BCUT2D eigenvalue weighted by Gasteiger charge is -2.30. The number of rotatable bonds is 10. The molecule has 0 unspecified atom stereocenters. The summed E-state index contributed by atoms with van der Waals surface area (Å²) in [4.78, 5) is 18.8. The highest BCUT2D eigenvalue weighted by atomic mass is 79.9. The Hall–Kier alpha value is -4.21. The van der Waals surface area contributed by atoms with Crippen LogP contribution in [0.4, 0.5) is 18.9 Å². The quantitative estimate of drug-likeness (QED) is 0.187. The van der Waals surface area contributed by atoms with E-state index in [1.165, 1.54) is 12.1 Å². The van der Waals surface area contributed by atoms with E-state index in [4.69, 9.17) is 17.5 Å². The van der Waals surface area contributed by atoms with Crippen molar-refractivity contribution in [3.63, 3.8) is 0 Å². The molecule has 1 amide bonds. The molecule has 222 valence electrons. The van der Waals surface area contributed by atoms with E-state index in [9.17, 15) is 18.0 Å². The van der Waals surface area contributed by atoms with Gasteiger partial charge in [-0.1, -0.05) is 42.5 Å². The highest BCUT2D eigenvalue weighted by Crippen LogP contribution is 2.32. The second-order valence-electron chi connectivity index (χ2n) is 9.91. The third-order valence-corrected chi connectivity index (χ3v) is 7.62. The maximum Gasteiger partial charge on any atom is 0.416 e. The number of aromatic nitrogens is 2. The minimum absolute atomic E-state index is 0.0528. The molecular weight excluding hydrogens is 641 g/mol. The van der Waals surface area contributed by atoms with Crippen molar-refractivity contribution in [2.75, 3.05) is 11.9 Å². The number of hydrogen-bond acceptors (Lipinski definition) is 4. The van der Waals surface area contributed by atoms with Gasteiger partial charge in [0.1, 0.15) is 0 Å². The molecule has 0 saturated carbocycles. The second kappa shape index (κ2) is 14.3. The van der Waals surface area contributed by atoms with E-state index in [0.29, 0.717) is 23.5 Å². The Balaban J connectivity index is 1.45. The first-order valence-electron chi connectivity index (χ1n) is 13.3. The van der Waals surface area contributed by atoms with E-state index in [2.05, 4.69) is 37.6 Å². The van der Waals surface area contributed by atoms with Crippen molar-refractivity contribution in [2.45, 2.75) is 38.7 Å². The van der Waals surface area contributed by atoms with Crippen LogP contribution in [-0.4, -0.2) is 38.1 Å². The number of hydrogen-bond donors (Lipinski definition) is 2. The molecule has 1 atom stereocenters. The lowest BCUT2D eigenvalue weighted by molar-refractivity contribution is -0.138. The average Bonchev–Trinajstić information content (AvgIpc) is 3.39. The number of imidazole rings is 1. The summed E-state index contributed by atoms with van der Waals surface area (Å²) >= 11 is 9.10. The molecule has 0 aliphatic rings. The first kappa shape index (κ1) is 31.7. The second-order valence-corrected chi connectivity index (χ2v) is 11.2. The molecule has 12 heteroatoms. The third-order valence-electron chi connectivity index (χ3n) is 6.56. The Morgan fingerprint density at radius 3 is 2.51 bits per heavy atom. The minimum atomic E-state index is -4.53. The molecule has 4 aromatic rings. The fraction of sp³-hybridized carbons (Fsp3) is 0.226. The molecule has 0 aliphatic heterocycles. The van der Waals surface area contributed by atoms with Gasteiger partial charge in [0.15, 0.2) is 5.11 Å². The summed E-state index contributed by atoms with van der Waals surface area (Å²) in [6, 6.07) is 21.4. The van der Waals surface area contributed by atoms with Crippen LogP contribution in [0.3, 0.4) is 0 Å². The Morgan fingerprint density at radius 2 is 1.81 bits per heavy atom. The molecule has 0 spiro atoms. The van der Waals surface area contributed by atoms with Gasteiger partial charge in [0.05, 0.1) is 35.6 Å². The smallest absolute Gasteiger partial charge is 0.352 e.